The summed E-state index contributed by atoms with van der Waals surface area (Å²) in [7, 11) is 0. The Labute approximate surface area is 124 Å². The zero-order valence-corrected chi connectivity index (χ0v) is 13.8. The fourth-order valence-electron chi connectivity index (χ4n) is 2.08. The van der Waals surface area contributed by atoms with Gasteiger partial charge in [0.25, 0.3) is 0 Å². The third-order valence-electron chi connectivity index (χ3n) is 4.01. The Morgan fingerprint density at radius 1 is 1.11 bits per heavy atom. The van der Waals surface area contributed by atoms with Crippen LogP contribution in [0.4, 0.5) is 5.69 Å². The van der Waals surface area contributed by atoms with Crippen LogP contribution in [0, 0.1) is 0 Å². The smallest absolute Gasteiger partial charge is 0.0475 e. The molecule has 0 amide bonds. The van der Waals surface area contributed by atoms with Crippen molar-refractivity contribution in [3.63, 3.8) is 0 Å². The summed E-state index contributed by atoms with van der Waals surface area (Å²) in [5, 5.41) is 3.49. The van der Waals surface area contributed by atoms with Gasteiger partial charge in [-0.2, -0.15) is 0 Å². The molecule has 0 radical (unpaired) electrons. The van der Waals surface area contributed by atoms with E-state index in [4.69, 9.17) is 0 Å². The quantitative estimate of drug-likeness (QED) is 0.462. The zero-order valence-electron chi connectivity index (χ0n) is 12.9. The monoisotopic (exact) mass is 279 g/mol. The second-order valence-corrected chi connectivity index (χ2v) is 6.44. The lowest BCUT2D eigenvalue weighted by Crippen LogP contribution is -2.15. The van der Waals surface area contributed by atoms with Crippen molar-refractivity contribution < 1.29 is 0 Å². The first kappa shape index (κ1) is 16.4. The molecule has 0 heterocycles. The normalized spacial score (nSPS) is 11.6. The van der Waals surface area contributed by atoms with Gasteiger partial charge in [-0.25, -0.2) is 0 Å². The molecule has 1 nitrogen and oxygen atoms in total. The van der Waals surface area contributed by atoms with Crippen LogP contribution in [0.25, 0.3) is 0 Å². The lowest BCUT2D eigenvalue weighted by molar-refractivity contribution is 0.505. The highest BCUT2D eigenvalue weighted by atomic mass is 32.1. The molecular formula is C17H29NS. The molecule has 0 aromatic heterocycles. The largest absolute Gasteiger partial charge is 0.384 e. The third-order valence-corrected chi connectivity index (χ3v) is 4.38. The summed E-state index contributed by atoms with van der Waals surface area (Å²) in [6.07, 6.45) is 6.32. The highest BCUT2D eigenvalue weighted by Gasteiger charge is 2.18. The van der Waals surface area contributed by atoms with Crippen LogP contribution >= 0.6 is 12.6 Å². The van der Waals surface area contributed by atoms with Gasteiger partial charge in [0.15, 0.2) is 0 Å². The second-order valence-electron chi connectivity index (χ2n) is 5.96. The van der Waals surface area contributed by atoms with Crippen molar-refractivity contribution >= 4 is 18.3 Å². The van der Waals surface area contributed by atoms with Crippen molar-refractivity contribution in [2.45, 2.75) is 70.1 Å². The number of nitrogens with one attached hydrogen (secondary N) is 1. The SMILES string of the molecule is CCCCCCNc1ccc(C(C)(C)CC)cc1S. The number of benzene rings is 1. The predicted molar refractivity (Wildman–Crippen MR) is 89.6 cm³/mol. The first-order valence-corrected chi connectivity index (χ1v) is 8.03. The maximum atomic E-state index is 4.62. The predicted octanol–water partition coefficient (Wildman–Crippen LogP) is 5.66. The fraction of sp³-hybridized carbons (Fsp3) is 0.647. The van der Waals surface area contributed by atoms with E-state index in [1.807, 2.05) is 0 Å². The van der Waals surface area contributed by atoms with Gasteiger partial charge in [0.2, 0.25) is 0 Å². The van der Waals surface area contributed by atoms with E-state index in [0.717, 1.165) is 23.5 Å². The molecule has 0 aliphatic heterocycles. The van der Waals surface area contributed by atoms with Crippen molar-refractivity contribution in [1.82, 2.24) is 0 Å². The Morgan fingerprint density at radius 2 is 1.84 bits per heavy atom. The Morgan fingerprint density at radius 3 is 2.42 bits per heavy atom. The molecule has 1 aromatic carbocycles. The molecule has 1 rings (SSSR count). The van der Waals surface area contributed by atoms with E-state index in [-0.39, 0.29) is 5.41 Å². The molecule has 0 aliphatic rings. The average Bonchev–Trinajstić information content (AvgIpc) is 2.40. The van der Waals surface area contributed by atoms with Gasteiger partial charge < -0.3 is 5.32 Å². The van der Waals surface area contributed by atoms with Crippen LogP contribution < -0.4 is 5.32 Å². The molecular weight excluding hydrogens is 250 g/mol. The lowest BCUT2D eigenvalue weighted by atomic mass is 9.82. The minimum absolute atomic E-state index is 0.233. The summed E-state index contributed by atoms with van der Waals surface area (Å²) < 4.78 is 0. The first-order valence-electron chi connectivity index (χ1n) is 7.58. The van der Waals surface area contributed by atoms with E-state index in [9.17, 15) is 0 Å². The number of hydrogen-bond donors (Lipinski definition) is 2. The summed E-state index contributed by atoms with van der Waals surface area (Å²) in [6, 6.07) is 6.62. The van der Waals surface area contributed by atoms with Gasteiger partial charge >= 0.3 is 0 Å². The third kappa shape index (κ3) is 5.10. The van der Waals surface area contributed by atoms with Crippen LogP contribution in [-0.2, 0) is 5.41 Å². The van der Waals surface area contributed by atoms with E-state index in [1.54, 1.807) is 0 Å². The lowest BCUT2D eigenvalue weighted by Gasteiger charge is -2.24. The Bertz CT molecular complexity index is 385. The van der Waals surface area contributed by atoms with Crippen LogP contribution in [0.3, 0.4) is 0 Å². The highest BCUT2D eigenvalue weighted by molar-refractivity contribution is 7.80. The van der Waals surface area contributed by atoms with Gasteiger partial charge in [-0.05, 0) is 36.0 Å². The molecule has 0 aliphatic carbocycles. The van der Waals surface area contributed by atoms with Crippen molar-refractivity contribution in [3.8, 4) is 0 Å². The van der Waals surface area contributed by atoms with Gasteiger partial charge in [0.1, 0.15) is 0 Å². The van der Waals surface area contributed by atoms with Gasteiger partial charge in [-0.15, -0.1) is 12.6 Å². The van der Waals surface area contributed by atoms with Gasteiger partial charge in [0, 0.05) is 17.1 Å². The molecule has 2 heteroatoms. The molecule has 0 atom stereocenters. The number of thiol groups is 1. The summed E-state index contributed by atoms with van der Waals surface area (Å²) in [6.45, 7) is 10.1. The van der Waals surface area contributed by atoms with Gasteiger partial charge in [-0.3, -0.25) is 0 Å². The Hall–Kier alpha value is -0.630. The van der Waals surface area contributed by atoms with E-state index in [2.05, 4.69) is 63.8 Å². The van der Waals surface area contributed by atoms with Gasteiger partial charge in [0.05, 0.1) is 0 Å². The minimum atomic E-state index is 0.233. The molecule has 0 saturated carbocycles. The molecule has 19 heavy (non-hydrogen) atoms. The summed E-state index contributed by atoms with van der Waals surface area (Å²) in [4.78, 5) is 1.06. The molecule has 0 bridgehead atoms. The van der Waals surface area contributed by atoms with Crippen LogP contribution in [0.15, 0.2) is 23.1 Å². The van der Waals surface area contributed by atoms with E-state index < -0.39 is 0 Å². The Kier molecular flexibility index (Phi) is 6.78. The van der Waals surface area contributed by atoms with Crippen LogP contribution in [0.5, 0.6) is 0 Å². The zero-order chi connectivity index (χ0) is 14.3. The standard InChI is InChI=1S/C17H29NS/c1-5-7-8-9-12-18-15-11-10-14(13-16(15)19)17(3,4)6-2/h10-11,13,18-19H,5-9,12H2,1-4H3. The number of hydrogen-bond acceptors (Lipinski definition) is 2. The fourth-order valence-corrected chi connectivity index (χ4v) is 2.37. The number of anilines is 1. The van der Waals surface area contributed by atoms with Crippen LogP contribution in [-0.4, -0.2) is 6.54 Å². The number of rotatable bonds is 8. The molecule has 0 unspecified atom stereocenters. The molecule has 1 N–H and O–H groups in total. The van der Waals surface area contributed by atoms with E-state index in [1.165, 1.54) is 31.2 Å². The van der Waals surface area contributed by atoms with Crippen molar-refractivity contribution in [2.75, 3.05) is 11.9 Å². The molecule has 108 valence electrons. The summed E-state index contributed by atoms with van der Waals surface area (Å²) in [5.41, 5.74) is 2.77. The van der Waals surface area contributed by atoms with Crippen LogP contribution in [0.2, 0.25) is 0 Å². The summed E-state index contributed by atoms with van der Waals surface area (Å²) in [5.74, 6) is 0. The number of unbranched alkanes of at least 4 members (excludes halogenated alkanes) is 3. The maximum Gasteiger partial charge on any atom is 0.0475 e. The average molecular weight is 279 g/mol. The first-order chi connectivity index (χ1) is 9.01. The molecule has 0 spiro atoms. The van der Waals surface area contributed by atoms with Crippen molar-refractivity contribution in [1.29, 1.82) is 0 Å². The topological polar surface area (TPSA) is 12.0 Å². The minimum Gasteiger partial charge on any atom is -0.384 e. The second kappa shape index (κ2) is 7.84. The van der Waals surface area contributed by atoms with Crippen LogP contribution in [0.1, 0.15) is 65.4 Å². The Balaban J connectivity index is 2.58. The molecule has 0 saturated heterocycles. The molecule has 0 fully saturated rings. The highest BCUT2D eigenvalue weighted by Crippen LogP contribution is 2.31. The summed E-state index contributed by atoms with van der Waals surface area (Å²) >= 11 is 4.62. The van der Waals surface area contributed by atoms with E-state index >= 15 is 0 Å². The maximum absolute atomic E-state index is 4.62. The van der Waals surface area contributed by atoms with Crippen molar-refractivity contribution in [2.24, 2.45) is 0 Å². The van der Waals surface area contributed by atoms with E-state index in [0.29, 0.717) is 0 Å². The van der Waals surface area contributed by atoms with Crippen molar-refractivity contribution in [3.05, 3.63) is 23.8 Å². The molecule has 1 aromatic rings. The van der Waals surface area contributed by atoms with Gasteiger partial charge in [-0.1, -0.05) is 53.0 Å².